The molecule has 2 atom stereocenters. The third-order valence-electron chi connectivity index (χ3n) is 5.93. The number of fused-ring (bicyclic) bond motifs is 5. The van der Waals surface area contributed by atoms with Gasteiger partial charge >= 0.3 is 5.63 Å². The molecule has 5 heteroatoms. The van der Waals surface area contributed by atoms with E-state index in [0.717, 1.165) is 54.8 Å². The van der Waals surface area contributed by atoms with Crippen LogP contribution in [0.25, 0.3) is 11.0 Å². The summed E-state index contributed by atoms with van der Waals surface area (Å²) in [6, 6.07) is 13.2. The Morgan fingerprint density at radius 2 is 1.96 bits per heavy atom. The van der Waals surface area contributed by atoms with Gasteiger partial charge in [0.05, 0.1) is 0 Å². The smallest absolute Gasteiger partial charge is 0.336 e. The lowest BCUT2D eigenvalue weighted by molar-refractivity contribution is 0.114. The van der Waals surface area contributed by atoms with E-state index < -0.39 is 0 Å². The normalized spacial score (nSPS) is 22.0. The molecule has 1 aromatic carbocycles. The Morgan fingerprint density at radius 1 is 1.07 bits per heavy atom. The second kappa shape index (κ2) is 6.20. The Hall–Kier alpha value is -2.66. The number of hydrogen-bond donors (Lipinski definition) is 0. The molecular weight excluding hydrogens is 340 g/mol. The minimum Gasteiger partial charge on any atom is -0.423 e. The maximum Gasteiger partial charge on any atom is 0.336 e. The van der Waals surface area contributed by atoms with Gasteiger partial charge in [0.2, 0.25) is 0 Å². The van der Waals surface area contributed by atoms with E-state index in [-0.39, 0.29) is 11.2 Å². The van der Waals surface area contributed by atoms with Crippen molar-refractivity contribution < 1.29 is 4.42 Å². The highest BCUT2D eigenvalue weighted by Crippen LogP contribution is 2.35. The summed E-state index contributed by atoms with van der Waals surface area (Å²) in [6.07, 6.45) is 1.14. The van der Waals surface area contributed by atoms with Gasteiger partial charge in [0, 0.05) is 55.3 Å². The third-order valence-corrected chi connectivity index (χ3v) is 5.93. The van der Waals surface area contributed by atoms with Crippen molar-refractivity contribution in [1.29, 1.82) is 0 Å². The van der Waals surface area contributed by atoms with Gasteiger partial charge in [-0.25, -0.2) is 4.79 Å². The minimum absolute atomic E-state index is 0.109. The molecule has 3 aromatic rings. The highest BCUT2D eigenvalue weighted by atomic mass is 16.4. The van der Waals surface area contributed by atoms with Crippen molar-refractivity contribution in [2.45, 2.75) is 32.4 Å². The number of likely N-dealkylation sites (tertiary alicyclic amines) is 1. The van der Waals surface area contributed by atoms with Gasteiger partial charge in [-0.2, -0.15) is 0 Å². The van der Waals surface area contributed by atoms with Crippen LogP contribution < -0.4 is 11.2 Å². The molecule has 0 aliphatic carbocycles. The van der Waals surface area contributed by atoms with E-state index in [1.165, 1.54) is 0 Å². The molecule has 5 rings (SSSR count). The summed E-state index contributed by atoms with van der Waals surface area (Å²) in [5.74, 6) is 0.851. The molecule has 2 aliphatic heterocycles. The second-order valence-corrected chi connectivity index (χ2v) is 7.98. The van der Waals surface area contributed by atoms with E-state index in [0.29, 0.717) is 17.4 Å². The number of aryl methyl sites for hydroxylation is 1. The van der Waals surface area contributed by atoms with Crippen LogP contribution in [0.4, 0.5) is 0 Å². The summed E-state index contributed by atoms with van der Waals surface area (Å²) in [5, 5.41) is 1.02. The fourth-order valence-corrected chi connectivity index (χ4v) is 4.84. The minimum atomic E-state index is -0.296. The molecule has 2 aromatic heterocycles. The van der Waals surface area contributed by atoms with Crippen LogP contribution in [0, 0.1) is 12.8 Å². The van der Waals surface area contributed by atoms with Gasteiger partial charge in [-0.1, -0.05) is 17.7 Å². The molecule has 2 bridgehead atoms. The van der Waals surface area contributed by atoms with Crippen LogP contribution in [0.3, 0.4) is 0 Å². The summed E-state index contributed by atoms with van der Waals surface area (Å²) in [5.41, 5.74) is 3.79. The summed E-state index contributed by atoms with van der Waals surface area (Å²) >= 11 is 0. The number of aromatic nitrogens is 1. The number of piperidine rings is 1. The Bertz CT molecular complexity index is 1140. The predicted octanol–water partition coefficient (Wildman–Crippen LogP) is 2.88. The van der Waals surface area contributed by atoms with Crippen LogP contribution in [-0.4, -0.2) is 22.6 Å². The van der Waals surface area contributed by atoms with Crippen molar-refractivity contribution in [2.75, 3.05) is 13.1 Å². The van der Waals surface area contributed by atoms with Gasteiger partial charge < -0.3 is 8.98 Å². The van der Waals surface area contributed by atoms with E-state index in [1.54, 1.807) is 12.1 Å². The fourth-order valence-electron chi connectivity index (χ4n) is 4.84. The lowest BCUT2D eigenvalue weighted by atomic mass is 9.83. The zero-order chi connectivity index (χ0) is 18.5. The highest BCUT2D eigenvalue weighted by molar-refractivity contribution is 5.80. The second-order valence-electron chi connectivity index (χ2n) is 7.98. The Kier molecular flexibility index (Phi) is 3.79. The van der Waals surface area contributed by atoms with Gasteiger partial charge in [0.25, 0.3) is 5.56 Å². The lowest BCUT2D eigenvalue weighted by Crippen LogP contribution is -2.46. The van der Waals surface area contributed by atoms with Gasteiger partial charge in [0.1, 0.15) is 5.58 Å². The monoisotopic (exact) mass is 362 g/mol. The standard InChI is InChI=1S/C22H22N2O3/c1-14-5-6-20-18(7-14)16(9-22(26)27-20)12-23-10-15-8-17(13-23)19-3-2-4-21(25)24(19)11-15/h2-7,9,15,17H,8,10-13H2,1H3/t15-,17-/m0/s1. The van der Waals surface area contributed by atoms with Crippen LogP contribution in [-0.2, 0) is 13.1 Å². The molecule has 0 unspecified atom stereocenters. The molecule has 138 valence electrons. The number of hydrogen-bond acceptors (Lipinski definition) is 4. The summed E-state index contributed by atoms with van der Waals surface area (Å²) in [6.45, 7) is 5.43. The average molecular weight is 362 g/mol. The van der Waals surface area contributed by atoms with Crippen molar-refractivity contribution in [3.8, 4) is 0 Å². The molecule has 0 spiro atoms. The molecule has 1 fully saturated rings. The zero-order valence-electron chi connectivity index (χ0n) is 15.4. The van der Waals surface area contributed by atoms with Crippen molar-refractivity contribution in [3.05, 3.63) is 80.1 Å². The first-order valence-corrected chi connectivity index (χ1v) is 9.52. The molecule has 0 N–H and O–H groups in total. The van der Waals surface area contributed by atoms with Crippen LogP contribution in [0.5, 0.6) is 0 Å². The molecule has 0 saturated carbocycles. The SMILES string of the molecule is Cc1ccc2oc(=O)cc(CN3C[C@@H]4C[C@@H](C3)c3cccc(=O)n3C4)c2c1. The van der Waals surface area contributed by atoms with E-state index in [2.05, 4.69) is 17.0 Å². The maximum absolute atomic E-state index is 12.2. The van der Waals surface area contributed by atoms with Gasteiger partial charge in [0.15, 0.2) is 0 Å². The highest BCUT2D eigenvalue weighted by Gasteiger charge is 2.34. The third kappa shape index (κ3) is 2.92. The molecule has 2 aliphatic rings. The van der Waals surface area contributed by atoms with E-state index in [4.69, 9.17) is 4.42 Å². The van der Waals surface area contributed by atoms with E-state index in [9.17, 15) is 9.59 Å². The van der Waals surface area contributed by atoms with Crippen molar-refractivity contribution in [3.63, 3.8) is 0 Å². The van der Waals surface area contributed by atoms with Crippen LogP contribution in [0.2, 0.25) is 0 Å². The van der Waals surface area contributed by atoms with Crippen LogP contribution in [0.15, 0.2) is 56.5 Å². The Morgan fingerprint density at radius 3 is 2.85 bits per heavy atom. The zero-order valence-corrected chi connectivity index (χ0v) is 15.4. The van der Waals surface area contributed by atoms with Gasteiger partial charge in [-0.3, -0.25) is 9.69 Å². The molecule has 0 amide bonds. The number of pyridine rings is 1. The Balaban J connectivity index is 1.48. The predicted molar refractivity (Wildman–Crippen MR) is 104 cm³/mol. The molecular formula is C22H22N2O3. The topological polar surface area (TPSA) is 55.5 Å². The largest absolute Gasteiger partial charge is 0.423 e. The number of nitrogens with zero attached hydrogens (tertiary/aromatic N) is 2. The van der Waals surface area contributed by atoms with Crippen molar-refractivity contribution >= 4 is 11.0 Å². The molecule has 5 nitrogen and oxygen atoms in total. The number of rotatable bonds is 2. The Labute approximate surface area is 156 Å². The lowest BCUT2D eigenvalue weighted by Gasteiger charge is -2.42. The average Bonchev–Trinajstić information content (AvgIpc) is 2.63. The van der Waals surface area contributed by atoms with E-state index >= 15 is 0 Å². The molecule has 0 radical (unpaired) electrons. The summed E-state index contributed by atoms with van der Waals surface area (Å²) in [4.78, 5) is 26.6. The number of benzene rings is 1. The van der Waals surface area contributed by atoms with Gasteiger partial charge in [-0.05, 0) is 43.0 Å². The first-order chi connectivity index (χ1) is 13.1. The molecule has 1 saturated heterocycles. The quantitative estimate of drug-likeness (QED) is 0.658. The van der Waals surface area contributed by atoms with Crippen molar-refractivity contribution in [1.82, 2.24) is 9.47 Å². The fraction of sp³-hybridized carbons (Fsp3) is 0.364. The molecule has 27 heavy (non-hydrogen) atoms. The first kappa shape index (κ1) is 16.5. The maximum atomic E-state index is 12.2. The van der Waals surface area contributed by atoms with Crippen LogP contribution in [0.1, 0.15) is 29.2 Å². The van der Waals surface area contributed by atoms with Gasteiger partial charge in [-0.15, -0.1) is 0 Å². The van der Waals surface area contributed by atoms with Crippen LogP contribution >= 0.6 is 0 Å². The van der Waals surface area contributed by atoms with Crippen molar-refractivity contribution in [2.24, 2.45) is 5.92 Å². The summed E-state index contributed by atoms with van der Waals surface area (Å²) < 4.78 is 7.32. The van der Waals surface area contributed by atoms with E-state index in [1.807, 2.05) is 29.7 Å². The first-order valence-electron chi connectivity index (χ1n) is 9.52. The molecule has 4 heterocycles. The summed E-state index contributed by atoms with van der Waals surface area (Å²) in [7, 11) is 0.